The highest BCUT2D eigenvalue weighted by Crippen LogP contribution is 2.15. The van der Waals surface area contributed by atoms with E-state index < -0.39 is 0 Å². The zero-order chi connectivity index (χ0) is 13.8. The molecule has 0 atom stereocenters. The molecule has 0 saturated heterocycles. The minimum atomic E-state index is -0.0933. The average Bonchev–Trinajstić information content (AvgIpc) is 2.80. The van der Waals surface area contributed by atoms with E-state index in [0.29, 0.717) is 5.88 Å². The first-order valence-corrected chi connectivity index (χ1v) is 7.23. The van der Waals surface area contributed by atoms with E-state index in [-0.39, 0.29) is 12.3 Å². The largest absolute Gasteiger partial charge is 0.324 e. The van der Waals surface area contributed by atoms with Gasteiger partial charge in [-0.1, -0.05) is 0 Å². The summed E-state index contributed by atoms with van der Waals surface area (Å²) in [6.45, 7) is 3.79. The summed E-state index contributed by atoms with van der Waals surface area (Å²) in [6, 6.07) is 3.74. The quantitative estimate of drug-likeness (QED) is 0.882. The van der Waals surface area contributed by atoms with E-state index in [1.54, 1.807) is 0 Å². The maximum atomic E-state index is 11.9. The number of carbonyl (C=O) groups is 1. The van der Waals surface area contributed by atoms with Crippen LogP contribution in [0.2, 0.25) is 0 Å². The number of hydrogen-bond donors (Lipinski definition) is 1. The van der Waals surface area contributed by atoms with Crippen molar-refractivity contribution >= 4 is 34.5 Å². The lowest BCUT2D eigenvalue weighted by Crippen LogP contribution is -2.15. The van der Waals surface area contributed by atoms with Crippen LogP contribution in [-0.2, 0) is 17.1 Å². The zero-order valence-electron chi connectivity index (χ0n) is 10.7. The van der Waals surface area contributed by atoms with Crippen LogP contribution in [0.4, 0.5) is 5.69 Å². The van der Waals surface area contributed by atoms with Gasteiger partial charge in [0.05, 0.1) is 29.4 Å². The SMILES string of the molecule is Cc1ccc(NC(=O)Cc2nc(CCl)cs2)c(C)n1. The third kappa shape index (κ3) is 3.75. The summed E-state index contributed by atoms with van der Waals surface area (Å²) in [6.07, 6.45) is 0.259. The molecule has 1 N–H and O–H groups in total. The van der Waals surface area contributed by atoms with E-state index >= 15 is 0 Å². The van der Waals surface area contributed by atoms with Gasteiger partial charge < -0.3 is 5.32 Å². The fourth-order valence-corrected chi connectivity index (χ4v) is 2.66. The third-order valence-corrected chi connectivity index (χ3v) is 3.72. The average molecular weight is 296 g/mol. The van der Waals surface area contributed by atoms with E-state index in [4.69, 9.17) is 11.6 Å². The number of pyridine rings is 1. The molecule has 0 fully saturated rings. The highest BCUT2D eigenvalue weighted by molar-refractivity contribution is 7.09. The molecule has 2 rings (SSSR count). The Labute approximate surface area is 120 Å². The molecule has 2 aromatic heterocycles. The highest BCUT2D eigenvalue weighted by atomic mass is 35.5. The Bertz CT molecular complexity index is 597. The van der Waals surface area contributed by atoms with Crippen LogP contribution in [0.15, 0.2) is 17.5 Å². The monoisotopic (exact) mass is 295 g/mol. The predicted octanol–water partition coefficient (Wildman–Crippen LogP) is 3.07. The molecule has 0 aliphatic rings. The molecule has 4 nitrogen and oxygen atoms in total. The van der Waals surface area contributed by atoms with Crippen LogP contribution in [0.1, 0.15) is 22.1 Å². The predicted molar refractivity (Wildman–Crippen MR) is 77.7 cm³/mol. The number of nitrogens with one attached hydrogen (secondary N) is 1. The van der Waals surface area contributed by atoms with Gasteiger partial charge in [-0.3, -0.25) is 9.78 Å². The van der Waals surface area contributed by atoms with Crippen LogP contribution in [-0.4, -0.2) is 15.9 Å². The summed E-state index contributed by atoms with van der Waals surface area (Å²) < 4.78 is 0. The molecule has 100 valence electrons. The number of halogens is 1. The second-order valence-corrected chi connectivity index (χ2v) is 5.39. The van der Waals surface area contributed by atoms with Gasteiger partial charge in [-0.2, -0.15) is 0 Å². The first-order valence-electron chi connectivity index (χ1n) is 5.82. The molecule has 0 radical (unpaired) electrons. The standard InChI is InChI=1S/C13H14ClN3OS/c1-8-3-4-11(9(2)15-8)17-12(18)5-13-16-10(6-14)7-19-13/h3-4,7H,5-6H2,1-2H3,(H,17,18). The lowest BCUT2D eigenvalue weighted by Gasteiger charge is -2.07. The Morgan fingerprint density at radius 2 is 2.16 bits per heavy atom. The van der Waals surface area contributed by atoms with Gasteiger partial charge in [0.2, 0.25) is 5.91 Å². The van der Waals surface area contributed by atoms with Gasteiger partial charge in [0, 0.05) is 11.1 Å². The molecule has 0 bridgehead atoms. The number of nitrogens with zero attached hydrogens (tertiary/aromatic N) is 2. The van der Waals surface area contributed by atoms with Gasteiger partial charge in [0.1, 0.15) is 5.01 Å². The molecule has 0 unspecified atom stereocenters. The summed E-state index contributed by atoms with van der Waals surface area (Å²) >= 11 is 7.13. The van der Waals surface area contributed by atoms with Crippen molar-refractivity contribution in [1.29, 1.82) is 0 Å². The maximum Gasteiger partial charge on any atom is 0.231 e. The van der Waals surface area contributed by atoms with Crippen molar-refractivity contribution in [2.75, 3.05) is 5.32 Å². The number of aromatic nitrogens is 2. The smallest absolute Gasteiger partial charge is 0.231 e. The molecule has 19 heavy (non-hydrogen) atoms. The molecular weight excluding hydrogens is 282 g/mol. The summed E-state index contributed by atoms with van der Waals surface area (Å²) in [5.74, 6) is 0.281. The number of alkyl halides is 1. The minimum Gasteiger partial charge on any atom is -0.324 e. The van der Waals surface area contributed by atoms with Crippen molar-refractivity contribution in [2.24, 2.45) is 0 Å². The molecule has 6 heteroatoms. The second kappa shape index (κ2) is 6.12. The van der Waals surface area contributed by atoms with Gasteiger partial charge in [0.15, 0.2) is 0 Å². The normalized spacial score (nSPS) is 10.5. The minimum absolute atomic E-state index is 0.0933. The fourth-order valence-electron chi connectivity index (χ4n) is 1.64. The van der Waals surface area contributed by atoms with Crippen molar-refractivity contribution in [3.63, 3.8) is 0 Å². The molecule has 0 aliphatic carbocycles. The van der Waals surface area contributed by atoms with E-state index in [9.17, 15) is 4.79 Å². The Hall–Kier alpha value is -1.46. The van der Waals surface area contributed by atoms with Crippen molar-refractivity contribution in [3.05, 3.63) is 39.6 Å². The molecule has 0 aromatic carbocycles. The summed E-state index contributed by atoms with van der Waals surface area (Å²) in [4.78, 5) is 20.5. The maximum absolute atomic E-state index is 11.9. The molecule has 0 saturated carbocycles. The summed E-state index contributed by atoms with van der Waals surface area (Å²) in [5.41, 5.74) is 3.29. The van der Waals surface area contributed by atoms with Crippen molar-refractivity contribution in [3.8, 4) is 0 Å². The fraction of sp³-hybridized carbons (Fsp3) is 0.308. The van der Waals surface area contributed by atoms with Crippen molar-refractivity contribution in [2.45, 2.75) is 26.1 Å². The number of amides is 1. The van der Waals surface area contributed by atoms with Crippen molar-refractivity contribution in [1.82, 2.24) is 9.97 Å². The Morgan fingerprint density at radius 3 is 2.79 bits per heavy atom. The van der Waals surface area contributed by atoms with Crippen LogP contribution in [0.3, 0.4) is 0 Å². The second-order valence-electron chi connectivity index (χ2n) is 4.18. The number of carbonyl (C=O) groups excluding carboxylic acids is 1. The first kappa shape index (κ1) is 14.0. The first-order chi connectivity index (χ1) is 9.08. The molecular formula is C13H14ClN3OS. The van der Waals surface area contributed by atoms with E-state index in [0.717, 1.165) is 27.8 Å². The summed E-state index contributed by atoms with van der Waals surface area (Å²) in [5, 5.41) is 5.48. The number of thiazole rings is 1. The van der Waals surface area contributed by atoms with Gasteiger partial charge in [-0.25, -0.2) is 4.98 Å². The molecule has 1 amide bonds. The highest BCUT2D eigenvalue weighted by Gasteiger charge is 2.09. The van der Waals surface area contributed by atoms with Crippen LogP contribution in [0.5, 0.6) is 0 Å². The third-order valence-electron chi connectivity index (χ3n) is 2.55. The van der Waals surface area contributed by atoms with Crippen LogP contribution in [0.25, 0.3) is 0 Å². The lowest BCUT2D eigenvalue weighted by atomic mass is 10.2. The van der Waals surface area contributed by atoms with Gasteiger partial charge in [0.25, 0.3) is 0 Å². The Morgan fingerprint density at radius 1 is 1.37 bits per heavy atom. The molecule has 0 aliphatic heterocycles. The topological polar surface area (TPSA) is 54.9 Å². The molecule has 0 spiro atoms. The van der Waals surface area contributed by atoms with Crippen molar-refractivity contribution < 1.29 is 4.79 Å². The number of aryl methyl sites for hydroxylation is 2. The Kier molecular flexibility index (Phi) is 4.50. The number of hydrogen-bond acceptors (Lipinski definition) is 4. The van der Waals surface area contributed by atoms with Gasteiger partial charge in [-0.05, 0) is 26.0 Å². The number of rotatable bonds is 4. The van der Waals surface area contributed by atoms with Gasteiger partial charge >= 0.3 is 0 Å². The van der Waals surface area contributed by atoms with Crippen LogP contribution in [0, 0.1) is 13.8 Å². The molecule has 2 aromatic rings. The lowest BCUT2D eigenvalue weighted by molar-refractivity contribution is -0.115. The molecule has 2 heterocycles. The van der Waals surface area contributed by atoms with Gasteiger partial charge in [-0.15, -0.1) is 22.9 Å². The summed E-state index contributed by atoms with van der Waals surface area (Å²) in [7, 11) is 0. The zero-order valence-corrected chi connectivity index (χ0v) is 12.3. The van der Waals surface area contributed by atoms with Crippen LogP contribution < -0.4 is 5.32 Å². The van der Waals surface area contributed by atoms with Crippen LogP contribution >= 0.6 is 22.9 Å². The Balaban J connectivity index is 2.01. The van der Waals surface area contributed by atoms with E-state index in [2.05, 4.69) is 15.3 Å². The number of anilines is 1. The van der Waals surface area contributed by atoms with E-state index in [1.165, 1.54) is 11.3 Å². The van der Waals surface area contributed by atoms with E-state index in [1.807, 2.05) is 31.4 Å².